The maximum absolute atomic E-state index is 13.4. The summed E-state index contributed by atoms with van der Waals surface area (Å²) in [6.07, 6.45) is 0. The minimum atomic E-state index is -3.77. The molecule has 8 nitrogen and oxygen atoms in total. The summed E-state index contributed by atoms with van der Waals surface area (Å²) >= 11 is 0. The molecule has 0 saturated carbocycles. The van der Waals surface area contributed by atoms with Crippen molar-refractivity contribution in [1.82, 2.24) is 4.31 Å². The van der Waals surface area contributed by atoms with Crippen molar-refractivity contribution in [3.8, 4) is 11.5 Å². The number of piperazine rings is 1. The third-order valence-electron chi connectivity index (χ3n) is 6.04. The molecule has 0 atom stereocenters. The van der Waals surface area contributed by atoms with Crippen LogP contribution in [0.1, 0.15) is 15.9 Å². The molecule has 0 radical (unpaired) electrons. The first-order chi connectivity index (χ1) is 16.8. The van der Waals surface area contributed by atoms with Gasteiger partial charge in [-0.15, -0.1) is 0 Å². The number of carbonyl (C=O) groups excluding carboxylic acids is 1. The maximum atomic E-state index is 13.4. The first kappa shape index (κ1) is 24.6. The molecule has 1 N–H and O–H groups in total. The Kier molecular flexibility index (Phi) is 7.28. The van der Waals surface area contributed by atoms with Gasteiger partial charge in [0, 0.05) is 31.7 Å². The second-order valence-electron chi connectivity index (χ2n) is 8.25. The summed E-state index contributed by atoms with van der Waals surface area (Å²) in [5.74, 6) is 0.793. The molecule has 1 saturated heterocycles. The van der Waals surface area contributed by atoms with Crippen molar-refractivity contribution >= 4 is 27.3 Å². The average molecular weight is 496 g/mol. The van der Waals surface area contributed by atoms with Crippen LogP contribution in [0, 0.1) is 6.92 Å². The molecule has 1 heterocycles. The van der Waals surface area contributed by atoms with Gasteiger partial charge in [0.1, 0.15) is 11.5 Å². The lowest BCUT2D eigenvalue weighted by Gasteiger charge is -2.36. The molecule has 184 valence electrons. The number of aryl methyl sites for hydroxylation is 1. The summed E-state index contributed by atoms with van der Waals surface area (Å²) in [6.45, 7) is 3.67. The summed E-state index contributed by atoms with van der Waals surface area (Å²) < 4.78 is 39.1. The summed E-state index contributed by atoms with van der Waals surface area (Å²) in [4.78, 5) is 15.0. The van der Waals surface area contributed by atoms with Gasteiger partial charge >= 0.3 is 0 Å². The number of anilines is 2. The van der Waals surface area contributed by atoms with Crippen LogP contribution < -0.4 is 19.7 Å². The molecule has 0 unspecified atom stereocenters. The molecule has 3 aromatic rings. The van der Waals surface area contributed by atoms with Crippen molar-refractivity contribution in [3.05, 3.63) is 77.9 Å². The van der Waals surface area contributed by atoms with E-state index in [1.807, 2.05) is 43.3 Å². The number of hydrogen-bond acceptors (Lipinski definition) is 6. The van der Waals surface area contributed by atoms with Gasteiger partial charge in [-0.05, 0) is 49.4 Å². The Morgan fingerprint density at radius 2 is 1.51 bits per heavy atom. The van der Waals surface area contributed by atoms with E-state index in [1.54, 1.807) is 25.3 Å². The van der Waals surface area contributed by atoms with Gasteiger partial charge in [-0.3, -0.25) is 4.79 Å². The van der Waals surface area contributed by atoms with E-state index in [9.17, 15) is 13.2 Å². The van der Waals surface area contributed by atoms with Crippen LogP contribution in [0.3, 0.4) is 0 Å². The van der Waals surface area contributed by atoms with E-state index in [1.165, 1.54) is 23.5 Å². The van der Waals surface area contributed by atoms with Gasteiger partial charge in [-0.2, -0.15) is 4.31 Å². The van der Waals surface area contributed by atoms with Gasteiger partial charge < -0.3 is 19.7 Å². The molecule has 9 heteroatoms. The summed E-state index contributed by atoms with van der Waals surface area (Å²) in [5.41, 5.74) is 2.75. The van der Waals surface area contributed by atoms with E-state index in [0.29, 0.717) is 43.2 Å². The van der Waals surface area contributed by atoms with Crippen molar-refractivity contribution < 1.29 is 22.7 Å². The summed E-state index contributed by atoms with van der Waals surface area (Å²) in [5, 5.41) is 2.78. The van der Waals surface area contributed by atoms with Crippen molar-refractivity contribution in [2.75, 3.05) is 50.6 Å². The van der Waals surface area contributed by atoms with Crippen molar-refractivity contribution in [3.63, 3.8) is 0 Å². The van der Waals surface area contributed by atoms with Gasteiger partial charge in [-0.25, -0.2) is 8.42 Å². The number of rotatable bonds is 7. The third kappa shape index (κ3) is 5.26. The smallest absolute Gasteiger partial charge is 0.255 e. The third-order valence-corrected chi connectivity index (χ3v) is 7.93. The normalized spacial score (nSPS) is 14.4. The van der Waals surface area contributed by atoms with Crippen LogP contribution in [0.4, 0.5) is 11.4 Å². The highest BCUT2D eigenvalue weighted by molar-refractivity contribution is 7.89. The Morgan fingerprint density at radius 1 is 0.857 bits per heavy atom. The lowest BCUT2D eigenvalue weighted by atomic mass is 10.1. The first-order valence-corrected chi connectivity index (χ1v) is 12.7. The Hall–Kier alpha value is -3.56. The standard InChI is InChI=1S/C26H29N3O5S/c1-19-8-10-20(11-9-19)26(30)27-22-18-21(12-13-24(22)33-2)35(31,32)29-16-14-28(15-17-29)23-6-4-5-7-25(23)34-3/h4-13,18H,14-17H2,1-3H3,(H,27,30). The molecule has 0 aromatic heterocycles. The second-order valence-corrected chi connectivity index (χ2v) is 10.2. The number of methoxy groups -OCH3 is 2. The molecule has 4 rings (SSSR count). The fourth-order valence-corrected chi connectivity index (χ4v) is 5.50. The highest BCUT2D eigenvalue weighted by Gasteiger charge is 2.30. The molecule has 1 aliphatic rings. The lowest BCUT2D eigenvalue weighted by Crippen LogP contribution is -2.48. The molecule has 35 heavy (non-hydrogen) atoms. The highest BCUT2D eigenvalue weighted by atomic mass is 32.2. The number of para-hydroxylation sites is 2. The predicted molar refractivity (Wildman–Crippen MR) is 136 cm³/mol. The SMILES string of the molecule is COc1ccc(S(=O)(=O)N2CCN(c3ccccc3OC)CC2)cc1NC(=O)c1ccc(C)cc1. The van der Waals surface area contributed by atoms with Gasteiger partial charge in [-0.1, -0.05) is 29.8 Å². The zero-order valence-electron chi connectivity index (χ0n) is 20.0. The molecule has 1 amide bonds. The predicted octanol–water partition coefficient (Wildman–Crippen LogP) is 3.78. The lowest BCUT2D eigenvalue weighted by molar-refractivity contribution is 0.102. The largest absolute Gasteiger partial charge is 0.495 e. The Labute approximate surface area is 206 Å². The second kappa shape index (κ2) is 10.4. The Balaban J connectivity index is 1.52. The van der Waals surface area contributed by atoms with E-state index in [0.717, 1.165) is 17.0 Å². The van der Waals surface area contributed by atoms with E-state index in [4.69, 9.17) is 9.47 Å². The van der Waals surface area contributed by atoms with Crippen LogP contribution in [0.25, 0.3) is 0 Å². The molecule has 1 aliphatic heterocycles. The van der Waals surface area contributed by atoms with Crippen molar-refractivity contribution in [2.24, 2.45) is 0 Å². The van der Waals surface area contributed by atoms with E-state index in [-0.39, 0.29) is 10.8 Å². The van der Waals surface area contributed by atoms with E-state index < -0.39 is 10.0 Å². The molecule has 0 aliphatic carbocycles. The number of nitrogens with zero attached hydrogens (tertiary/aromatic N) is 2. The monoisotopic (exact) mass is 495 g/mol. The van der Waals surface area contributed by atoms with Crippen LogP contribution in [0.2, 0.25) is 0 Å². The summed E-state index contributed by atoms with van der Waals surface area (Å²) in [6, 6.07) is 19.3. The zero-order chi connectivity index (χ0) is 25.0. The van der Waals surface area contributed by atoms with Crippen LogP contribution in [0.5, 0.6) is 11.5 Å². The number of nitrogens with one attached hydrogen (secondary N) is 1. The fraction of sp³-hybridized carbons (Fsp3) is 0.269. The number of hydrogen-bond donors (Lipinski definition) is 1. The van der Waals surface area contributed by atoms with Crippen LogP contribution in [-0.2, 0) is 10.0 Å². The molecule has 3 aromatic carbocycles. The van der Waals surface area contributed by atoms with Crippen LogP contribution in [-0.4, -0.2) is 59.0 Å². The van der Waals surface area contributed by atoms with Gasteiger partial charge in [0.25, 0.3) is 5.91 Å². The zero-order valence-corrected chi connectivity index (χ0v) is 20.8. The minimum Gasteiger partial charge on any atom is -0.495 e. The molecular weight excluding hydrogens is 466 g/mol. The topological polar surface area (TPSA) is 88.2 Å². The Bertz CT molecular complexity index is 1300. The number of benzene rings is 3. The summed E-state index contributed by atoms with van der Waals surface area (Å²) in [7, 11) is -0.671. The number of ether oxygens (including phenoxy) is 2. The van der Waals surface area contributed by atoms with Gasteiger partial charge in [0.05, 0.1) is 30.5 Å². The highest BCUT2D eigenvalue weighted by Crippen LogP contribution is 2.32. The van der Waals surface area contributed by atoms with E-state index in [2.05, 4.69) is 10.2 Å². The molecule has 0 bridgehead atoms. The molecule has 1 fully saturated rings. The number of carbonyl (C=O) groups is 1. The van der Waals surface area contributed by atoms with Gasteiger partial charge in [0.15, 0.2) is 0 Å². The maximum Gasteiger partial charge on any atom is 0.255 e. The number of sulfonamides is 1. The van der Waals surface area contributed by atoms with Crippen molar-refractivity contribution in [1.29, 1.82) is 0 Å². The molecule has 0 spiro atoms. The van der Waals surface area contributed by atoms with Crippen molar-refractivity contribution in [2.45, 2.75) is 11.8 Å². The molecular formula is C26H29N3O5S. The van der Waals surface area contributed by atoms with Crippen LogP contribution >= 0.6 is 0 Å². The number of amides is 1. The first-order valence-electron chi connectivity index (χ1n) is 11.3. The van der Waals surface area contributed by atoms with Gasteiger partial charge in [0.2, 0.25) is 10.0 Å². The van der Waals surface area contributed by atoms with Crippen LogP contribution in [0.15, 0.2) is 71.6 Å². The van der Waals surface area contributed by atoms with E-state index >= 15 is 0 Å². The quantitative estimate of drug-likeness (QED) is 0.537. The fourth-order valence-electron chi connectivity index (χ4n) is 4.05. The average Bonchev–Trinajstić information content (AvgIpc) is 2.89. The Morgan fingerprint density at radius 3 is 2.17 bits per heavy atom. The minimum absolute atomic E-state index is 0.100.